The molecule has 0 aliphatic carbocycles. The summed E-state index contributed by atoms with van der Waals surface area (Å²) in [5.74, 6) is 1.42. The first kappa shape index (κ1) is 12.7. The zero-order valence-electron chi connectivity index (χ0n) is 10.7. The smallest absolute Gasteiger partial charge is 0.240 e. The average molecular weight is 248 g/mol. The van der Waals surface area contributed by atoms with Gasteiger partial charge in [-0.2, -0.15) is 0 Å². The zero-order valence-corrected chi connectivity index (χ0v) is 10.7. The normalized spacial score (nSPS) is 18.9. The van der Waals surface area contributed by atoms with Gasteiger partial charge in [0.25, 0.3) is 0 Å². The Morgan fingerprint density at radius 2 is 2.44 bits per heavy atom. The Kier molecular flexibility index (Phi) is 4.02. The Bertz CT molecular complexity index is 421. The Morgan fingerprint density at radius 1 is 1.61 bits per heavy atom. The van der Waals surface area contributed by atoms with Crippen molar-refractivity contribution in [3.8, 4) is 0 Å². The fraction of sp³-hybridized carbons (Fsp3) is 0.538. The van der Waals surface area contributed by atoms with Crippen LogP contribution in [0.15, 0.2) is 18.2 Å². The van der Waals surface area contributed by atoms with E-state index in [1.807, 2.05) is 23.1 Å². The summed E-state index contributed by atoms with van der Waals surface area (Å²) in [5.41, 5.74) is 5.42. The number of nitrogens with zero attached hydrogens (tertiary/aromatic N) is 2. The highest BCUT2D eigenvalue weighted by Gasteiger charge is 2.29. The van der Waals surface area contributed by atoms with Crippen molar-refractivity contribution in [1.82, 2.24) is 4.98 Å². The van der Waals surface area contributed by atoms with Crippen molar-refractivity contribution in [3.05, 3.63) is 18.2 Å². The van der Waals surface area contributed by atoms with Crippen molar-refractivity contribution in [2.45, 2.75) is 32.2 Å². The van der Waals surface area contributed by atoms with Gasteiger partial charge >= 0.3 is 0 Å². The Labute approximate surface area is 107 Å². The highest BCUT2D eigenvalue weighted by molar-refractivity contribution is 5.84. The van der Waals surface area contributed by atoms with Crippen molar-refractivity contribution >= 4 is 17.5 Å². The van der Waals surface area contributed by atoms with Gasteiger partial charge in [0.05, 0.1) is 0 Å². The van der Waals surface area contributed by atoms with E-state index < -0.39 is 0 Å². The van der Waals surface area contributed by atoms with Crippen molar-refractivity contribution in [3.63, 3.8) is 0 Å². The van der Waals surface area contributed by atoms with E-state index in [0.29, 0.717) is 0 Å². The maximum absolute atomic E-state index is 11.4. The summed E-state index contributed by atoms with van der Waals surface area (Å²) < 4.78 is 0. The average Bonchev–Trinajstić information content (AvgIpc) is 2.86. The van der Waals surface area contributed by atoms with E-state index in [0.717, 1.165) is 44.0 Å². The van der Waals surface area contributed by atoms with Crippen LogP contribution in [0.2, 0.25) is 0 Å². The van der Waals surface area contributed by atoms with Gasteiger partial charge < -0.3 is 16.0 Å². The van der Waals surface area contributed by atoms with E-state index in [4.69, 9.17) is 5.73 Å². The molecule has 2 heterocycles. The summed E-state index contributed by atoms with van der Waals surface area (Å²) in [7, 11) is 0. The third-order valence-corrected chi connectivity index (χ3v) is 3.17. The fourth-order valence-electron chi connectivity index (χ4n) is 2.27. The van der Waals surface area contributed by atoms with E-state index in [1.165, 1.54) is 0 Å². The van der Waals surface area contributed by atoms with E-state index >= 15 is 0 Å². The number of carbonyl (C=O) groups is 1. The molecular weight excluding hydrogens is 228 g/mol. The molecule has 3 N–H and O–H groups in total. The lowest BCUT2D eigenvalue weighted by Crippen LogP contribution is -2.40. The van der Waals surface area contributed by atoms with Crippen LogP contribution in [0.3, 0.4) is 0 Å². The lowest BCUT2D eigenvalue weighted by atomic mass is 10.2. The second-order valence-corrected chi connectivity index (χ2v) is 4.56. The van der Waals surface area contributed by atoms with Gasteiger partial charge in [0.15, 0.2) is 0 Å². The number of hydrogen-bond donors (Lipinski definition) is 2. The molecule has 1 aliphatic heterocycles. The van der Waals surface area contributed by atoms with Crippen LogP contribution < -0.4 is 16.0 Å². The molecule has 5 heteroatoms. The number of pyridine rings is 1. The molecular formula is C13H20N4O. The molecule has 18 heavy (non-hydrogen) atoms. The quantitative estimate of drug-likeness (QED) is 0.825. The van der Waals surface area contributed by atoms with Gasteiger partial charge in [-0.1, -0.05) is 13.0 Å². The summed E-state index contributed by atoms with van der Waals surface area (Å²) in [6, 6.07) is 5.61. The van der Waals surface area contributed by atoms with Crippen LogP contribution in [0.25, 0.3) is 0 Å². The number of nitrogens with one attached hydrogen (secondary N) is 1. The minimum Gasteiger partial charge on any atom is -0.370 e. The van der Waals surface area contributed by atoms with Crippen LogP contribution in [-0.2, 0) is 4.79 Å². The van der Waals surface area contributed by atoms with Crippen LogP contribution in [-0.4, -0.2) is 30.0 Å². The third kappa shape index (κ3) is 2.72. The molecule has 0 spiro atoms. The van der Waals surface area contributed by atoms with Crippen LogP contribution in [0.4, 0.5) is 11.6 Å². The highest BCUT2D eigenvalue weighted by Crippen LogP contribution is 2.24. The van der Waals surface area contributed by atoms with Gasteiger partial charge in [-0.25, -0.2) is 4.98 Å². The Morgan fingerprint density at radius 3 is 3.17 bits per heavy atom. The number of hydrogen-bond acceptors (Lipinski definition) is 4. The van der Waals surface area contributed by atoms with Crippen molar-refractivity contribution in [2.24, 2.45) is 5.73 Å². The zero-order chi connectivity index (χ0) is 13.0. The van der Waals surface area contributed by atoms with E-state index in [9.17, 15) is 4.79 Å². The largest absolute Gasteiger partial charge is 0.370 e. The number of nitrogens with two attached hydrogens (primary N) is 1. The SMILES string of the molecule is CCCNc1cccc(N2CCCC2C(N)=O)n1. The van der Waals surface area contributed by atoms with Crippen LogP contribution in [0.1, 0.15) is 26.2 Å². The monoisotopic (exact) mass is 248 g/mol. The molecule has 1 fully saturated rings. The molecule has 1 aliphatic rings. The second-order valence-electron chi connectivity index (χ2n) is 4.56. The maximum atomic E-state index is 11.4. The number of aromatic nitrogens is 1. The van der Waals surface area contributed by atoms with E-state index in [1.54, 1.807) is 0 Å². The van der Waals surface area contributed by atoms with Gasteiger partial charge in [0.1, 0.15) is 17.7 Å². The molecule has 1 saturated heterocycles. The summed E-state index contributed by atoms with van der Waals surface area (Å²) in [6.45, 7) is 3.86. The first-order valence-electron chi connectivity index (χ1n) is 6.49. The Balaban J connectivity index is 2.14. The lowest BCUT2D eigenvalue weighted by Gasteiger charge is -2.23. The van der Waals surface area contributed by atoms with Crippen molar-refractivity contribution in [2.75, 3.05) is 23.3 Å². The number of rotatable bonds is 5. The molecule has 0 radical (unpaired) electrons. The summed E-state index contributed by atoms with van der Waals surface area (Å²) in [5, 5.41) is 3.25. The van der Waals surface area contributed by atoms with E-state index in [-0.39, 0.29) is 11.9 Å². The standard InChI is InChI=1S/C13H20N4O/c1-2-8-15-11-6-3-7-12(16-11)17-9-4-5-10(17)13(14)18/h3,6-7,10H,2,4-5,8-9H2,1H3,(H2,14,18)(H,15,16). The second kappa shape index (κ2) is 5.71. The summed E-state index contributed by atoms with van der Waals surface area (Å²) in [4.78, 5) is 17.9. The summed E-state index contributed by atoms with van der Waals surface area (Å²) in [6.07, 6.45) is 2.87. The maximum Gasteiger partial charge on any atom is 0.240 e. The van der Waals surface area contributed by atoms with Crippen LogP contribution in [0, 0.1) is 0 Å². The number of primary amides is 1. The topological polar surface area (TPSA) is 71.2 Å². The van der Waals surface area contributed by atoms with Crippen molar-refractivity contribution < 1.29 is 4.79 Å². The predicted molar refractivity (Wildman–Crippen MR) is 72.6 cm³/mol. The third-order valence-electron chi connectivity index (χ3n) is 3.17. The van der Waals surface area contributed by atoms with Crippen LogP contribution in [0.5, 0.6) is 0 Å². The molecule has 1 aromatic rings. The molecule has 0 saturated carbocycles. The lowest BCUT2D eigenvalue weighted by molar-refractivity contribution is -0.119. The number of amides is 1. The number of anilines is 2. The minimum absolute atomic E-state index is 0.209. The Hall–Kier alpha value is -1.78. The van der Waals surface area contributed by atoms with Crippen molar-refractivity contribution in [1.29, 1.82) is 0 Å². The molecule has 1 unspecified atom stereocenters. The van der Waals surface area contributed by atoms with Crippen LogP contribution >= 0.6 is 0 Å². The molecule has 98 valence electrons. The molecule has 1 atom stereocenters. The van der Waals surface area contributed by atoms with E-state index in [2.05, 4.69) is 17.2 Å². The molecule has 5 nitrogen and oxygen atoms in total. The first-order chi connectivity index (χ1) is 8.72. The summed E-state index contributed by atoms with van der Waals surface area (Å²) >= 11 is 0. The van der Waals surface area contributed by atoms with Gasteiger partial charge in [0.2, 0.25) is 5.91 Å². The van der Waals surface area contributed by atoms with Gasteiger partial charge in [-0.15, -0.1) is 0 Å². The number of carbonyl (C=O) groups excluding carboxylic acids is 1. The first-order valence-corrected chi connectivity index (χ1v) is 6.49. The fourth-order valence-corrected chi connectivity index (χ4v) is 2.27. The van der Waals surface area contributed by atoms with Gasteiger partial charge in [-0.05, 0) is 31.4 Å². The van der Waals surface area contributed by atoms with Gasteiger partial charge in [-0.3, -0.25) is 4.79 Å². The highest BCUT2D eigenvalue weighted by atomic mass is 16.1. The molecule has 2 rings (SSSR count). The molecule has 0 bridgehead atoms. The molecule has 1 aromatic heterocycles. The predicted octanol–water partition coefficient (Wildman–Crippen LogP) is 1.36. The molecule has 0 aromatic carbocycles. The molecule has 1 amide bonds. The van der Waals surface area contributed by atoms with Gasteiger partial charge in [0, 0.05) is 13.1 Å². The minimum atomic E-state index is -0.263.